The van der Waals surface area contributed by atoms with Gasteiger partial charge >= 0.3 is 11.9 Å². The molecule has 36 heavy (non-hydrogen) atoms. The summed E-state index contributed by atoms with van der Waals surface area (Å²) < 4.78 is 21.9. The van der Waals surface area contributed by atoms with Gasteiger partial charge in [0.15, 0.2) is 18.0 Å². The molecule has 0 unspecified atom stereocenters. The topological polar surface area (TPSA) is 139 Å². The van der Waals surface area contributed by atoms with Crippen LogP contribution in [0.15, 0.2) is 11.1 Å². The average Bonchev–Trinajstić information content (AvgIpc) is 3.46. The van der Waals surface area contributed by atoms with Crippen molar-refractivity contribution in [1.82, 2.24) is 0 Å². The highest BCUT2D eigenvalue weighted by atomic mass is 16.6. The monoisotopic (exact) mass is 504 g/mol. The van der Waals surface area contributed by atoms with Crippen LogP contribution in [0.5, 0.6) is 0 Å². The van der Waals surface area contributed by atoms with E-state index in [-0.39, 0.29) is 30.1 Å². The Morgan fingerprint density at radius 2 is 1.67 bits per heavy atom. The van der Waals surface area contributed by atoms with Gasteiger partial charge < -0.3 is 18.9 Å². The second kappa shape index (κ2) is 8.81. The molecule has 0 saturated heterocycles. The maximum absolute atomic E-state index is 14.2. The zero-order valence-corrected chi connectivity index (χ0v) is 21.2. The number of rotatable bonds is 7. The lowest BCUT2D eigenvalue weighted by Gasteiger charge is -2.59. The molecule has 0 heterocycles. The van der Waals surface area contributed by atoms with E-state index < -0.39 is 64.0 Å². The number of carbonyl (C=O) groups excluding carboxylic acids is 6. The molecule has 10 nitrogen and oxygen atoms in total. The second-order valence-corrected chi connectivity index (χ2v) is 11.2. The van der Waals surface area contributed by atoms with Gasteiger partial charge in [-0.3, -0.25) is 28.8 Å². The molecule has 0 radical (unpaired) electrons. The molecular formula is C26H32O10. The molecule has 0 aromatic carbocycles. The van der Waals surface area contributed by atoms with Gasteiger partial charge in [-0.1, -0.05) is 27.2 Å². The number of hydrogen-bond acceptors (Lipinski definition) is 10. The summed E-state index contributed by atoms with van der Waals surface area (Å²) in [4.78, 5) is 75.3. The first-order valence-corrected chi connectivity index (χ1v) is 12.2. The Labute approximate surface area is 209 Å². The van der Waals surface area contributed by atoms with Crippen molar-refractivity contribution in [2.24, 2.45) is 28.1 Å². The van der Waals surface area contributed by atoms with Crippen molar-refractivity contribution in [3.8, 4) is 0 Å². The van der Waals surface area contributed by atoms with E-state index in [9.17, 15) is 28.8 Å². The summed E-state index contributed by atoms with van der Waals surface area (Å²) >= 11 is 0. The van der Waals surface area contributed by atoms with Crippen LogP contribution in [0.25, 0.3) is 0 Å². The Balaban J connectivity index is 2.00. The van der Waals surface area contributed by atoms with Gasteiger partial charge in [-0.2, -0.15) is 0 Å². The lowest BCUT2D eigenvalue weighted by molar-refractivity contribution is -0.191. The molecule has 0 aromatic rings. The molecule has 0 bridgehead atoms. The summed E-state index contributed by atoms with van der Waals surface area (Å²) in [6.45, 7) is 8.37. The van der Waals surface area contributed by atoms with Crippen LogP contribution in [0.2, 0.25) is 0 Å². The minimum Gasteiger partial charge on any atom is -0.467 e. The van der Waals surface area contributed by atoms with Crippen LogP contribution in [0.3, 0.4) is 0 Å². The maximum atomic E-state index is 14.2. The van der Waals surface area contributed by atoms with Crippen molar-refractivity contribution in [3.63, 3.8) is 0 Å². The zero-order chi connectivity index (χ0) is 26.6. The van der Waals surface area contributed by atoms with Crippen LogP contribution >= 0.6 is 0 Å². The summed E-state index contributed by atoms with van der Waals surface area (Å²) in [5.74, 6) is -3.11. The second-order valence-electron chi connectivity index (χ2n) is 11.2. The maximum Gasteiger partial charge on any atom is 0.303 e. The number of fused-ring (bicyclic) bond motifs is 2. The van der Waals surface area contributed by atoms with Crippen molar-refractivity contribution in [2.45, 2.75) is 78.6 Å². The van der Waals surface area contributed by atoms with Gasteiger partial charge in [0.05, 0.1) is 12.0 Å². The van der Waals surface area contributed by atoms with Gasteiger partial charge in [0.1, 0.15) is 6.10 Å². The number of ether oxygens (including phenoxy) is 4. The normalized spacial score (nSPS) is 41.1. The van der Waals surface area contributed by atoms with Crippen molar-refractivity contribution in [3.05, 3.63) is 11.1 Å². The molecule has 4 aliphatic rings. The molecule has 2 saturated carbocycles. The van der Waals surface area contributed by atoms with Crippen molar-refractivity contribution in [1.29, 1.82) is 0 Å². The summed E-state index contributed by atoms with van der Waals surface area (Å²) in [6.07, 6.45) is -1.69. The van der Waals surface area contributed by atoms with E-state index in [1.54, 1.807) is 6.92 Å². The van der Waals surface area contributed by atoms with Gasteiger partial charge in [-0.05, 0) is 25.2 Å². The standard InChI is InChI=1S/C26H32O10/c1-13-9-26(13)22(32)16-17(18(31)23(26)36-15(3)30)25(5)8-6-7-24(4,10-33-11-27)21(25)20(35-14(2)29)19(16)34-12-28/h11-13,19-21,23H,6-10H2,1-5H3/t13-,19+,20-,21+,23+,24-,25-,26+/m1/s1. The highest BCUT2D eigenvalue weighted by molar-refractivity contribution is 6.20. The van der Waals surface area contributed by atoms with Crippen LogP contribution < -0.4 is 0 Å². The molecule has 0 aliphatic heterocycles. The Hall–Kier alpha value is -3.04. The highest BCUT2D eigenvalue weighted by Gasteiger charge is 2.74. The van der Waals surface area contributed by atoms with E-state index in [0.29, 0.717) is 32.2 Å². The van der Waals surface area contributed by atoms with Crippen LogP contribution in [0.4, 0.5) is 0 Å². The molecule has 1 spiro atoms. The summed E-state index contributed by atoms with van der Waals surface area (Å²) in [5, 5.41) is 0. The molecule has 0 N–H and O–H groups in total. The minimum atomic E-state index is -1.33. The first-order chi connectivity index (χ1) is 16.9. The molecule has 8 atom stereocenters. The van der Waals surface area contributed by atoms with Crippen LogP contribution in [-0.2, 0) is 47.7 Å². The highest BCUT2D eigenvalue weighted by Crippen LogP contribution is 2.67. The average molecular weight is 505 g/mol. The number of carbonyl (C=O) groups is 6. The largest absolute Gasteiger partial charge is 0.467 e. The third kappa shape index (κ3) is 3.59. The van der Waals surface area contributed by atoms with E-state index in [0.717, 1.165) is 0 Å². The lowest BCUT2D eigenvalue weighted by atomic mass is 9.46. The molecular weight excluding hydrogens is 472 g/mol. The lowest BCUT2D eigenvalue weighted by Crippen LogP contribution is -2.65. The molecule has 196 valence electrons. The van der Waals surface area contributed by atoms with E-state index in [4.69, 9.17) is 18.9 Å². The smallest absolute Gasteiger partial charge is 0.303 e. The van der Waals surface area contributed by atoms with Crippen LogP contribution in [-0.4, -0.2) is 61.4 Å². The van der Waals surface area contributed by atoms with Crippen molar-refractivity contribution < 1.29 is 47.7 Å². The molecule has 2 fully saturated rings. The Morgan fingerprint density at radius 3 is 2.19 bits per heavy atom. The summed E-state index contributed by atoms with van der Waals surface area (Å²) in [5.41, 5.74) is -2.86. The molecule has 0 aromatic heterocycles. The first kappa shape index (κ1) is 26.0. The number of ketones is 2. The SMILES string of the molecule is CC(=O)O[C@@H]1[C@@H](OC=O)C2=C(C(=O)[C@H](OC(C)=O)[C@]3(C[C@H]3C)C2=O)[C@@]2(C)CCC[C@](C)(COC=O)[C@H]12. The van der Waals surface area contributed by atoms with Crippen LogP contribution in [0, 0.1) is 28.1 Å². The number of Topliss-reactive ketones (excluding diaryl/α,β-unsaturated/α-hetero) is 2. The van der Waals surface area contributed by atoms with Crippen LogP contribution in [0.1, 0.15) is 60.3 Å². The molecule has 4 rings (SSSR count). The van der Waals surface area contributed by atoms with E-state index in [2.05, 4.69) is 0 Å². The van der Waals surface area contributed by atoms with Crippen molar-refractivity contribution >= 4 is 36.4 Å². The van der Waals surface area contributed by atoms with Gasteiger partial charge in [0.2, 0.25) is 5.78 Å². The quantitative estimate of drug-likeness (QED) is 0.287. The summed E-state index contributed by atoms with van der Waals surface area (Å²) in [6, 6.07) is 0. The molecule has 4 aliphatic carbocycles. The Morgan fingerprint density at radius 1 is 1.03 bits per heavy atom. The predicted molar refractivity (Wildman–Crippen MR) is 121 cm³/mol. The number of hydrogen-bond donors (Lipinski definition) is 0. The number of esters is 2. The minimum absolute atomic E-state index is 0.0189. The predicted octanol–water partition coefficient (Wildman–Crippen LogP) is 1.87. The van der Waals surface area contributed by atoms with Gasteiger partial charge in [0, 0.05) is 41.7 Å². The van der Waals surface area contributed by atoms with E-state index in [1.165, 1.54) is 13.8 Å². The fourth-order valence-electron chi connectivity index (χ4n) is 7.53. The third-order valence-electron chi connectivity index (χ3n) is 8.89. The van der Waals surface area contributed by atoms with Gasteiger partial charge in [0.25, 0.3) is 12.9 Å². The fourth-order valence-corrected chi connectivity index (χ4v) is 7.53. The van der Waals surface area contributed by atoms with E-state index >= 15 is 0 Å². The van der Waals surface area contributed by atoms with E-state index in [1.807, 2.05) is 13.8 Å². The summed E-state index contributed by atoms with van der Waals surface area (Å²) in [7, 11) is 0. The fraction of sp³-hybridized carbons (Fsp3) is 0.692. The van der Waals surface area contributed by atoms with Gasteiger partial charge in [-0.25, -0.2) is 0 Å². The first-order valence-electron chi connectivity index (χ1n) is 12.2. The Bertz CT molecular complexity index is 1060. The van der Waals surface area contributed by atoms with Crippen molar-refractivity contribution in [2.75, 3.05) is 6.61 Å². The van der Waals surface area contributed by atoms with Gasteiger partial charge in [-0.15, -0.1) is 0 Å². The molecule has 10 heteroatoms. The molecule has 0 amide bonds. The third-order valence-corrected chi connectivity index (χ3v) is 8.89. The zero-order valence-electron chi connectivity index (χ0n) is 21.2. The Kier molecular flexibility index (Phi) is 6.37.